The minimum Gasteiger partial charge on any atom is -0.444 e. The normalized spacial score (nSPS) is 19.4. The van der Waals surface area contributed by atoms with Crippen LogP contribution in [0.25, 0.3) is 5.70 Å². The number of carbonyl (C=O) groups is 2. The third-order valence-electron chi connectivity index (χ3n) is 5.55. The number of rotatable bonds is 4. The summed E-state index contributed by atoms with van der Waals surface area (Å²) in [5, 5.41) is 3.09. The summed E-state index contributed by atoms with van der Waals surface area (Å²) in [6.07, 6.45) is 3.11. The van der Waals surface area contributed by atoms with Crippen molar-refractivity contribution in [3.63, 3.8) is 0 Å². The molecule has 4 rings (SSSR count). The first-order valence-corrected chi connectivity index (χ1v) is 11.8. The molecule has 170 valence electrons. The standard InChI is InChI=1S/C24H29N3O4S/c1-15(28)17-7-5-6-8-18(17)21-13-19(26-31-21)20-14-32-22(25-20)16-9-11-27(12-10-16)23(29)30-24(2,3)4/h5-8,13-14,16,21,26H,9-12H2,1-4H3. The Balaban J connectivity index is 1.40. The van der Waals surface area contributed by atoms with E-state index in [-0.39, 0.29) is 18.0 Å². The van der Waals surface area contributed by atoms with Gasteiger partial charge >= 0.3 is 6.09 Å². The predicted molar refractivity (Wildman–Crippen MR) is 123 cm³/mol. The number of Topliss-reactive ketones (excluding diaryl/α,β-unsaturated/α-hetero) is 1. The fourth-order valence-electron chi connectivity index (χ4n) is 3.94. The Kier molecular flexibility index (Phi) is 6.35. The summed E-state index contributed by atoms with van der Waals surface area (Å²) in [6, 6.07) is 7.49. The maximum absolute atomic E-state index is 12.3. The van der Waals surface area contributed by atoms with Crippen LogP contribution in [0.3, 0.4) is 0 Å². The first-order valence-electron chi connectivity index (χ1n) is 10.9. The van der Waals surface area contributed by atoms with E-state index < -0.39 is 5.60 Å². The second-order valence-electron chi connectivity index (χ2n) is 9.18. The van der Waals surface area contributed by atoms with Gasteiger partial charge in [0.1, 0.15) is 11.7 Å². The second kappa shape index (κ2) is 9.03. The van der Waals surface area contributed by atoms with Gasteiger partial charge in [-0.3, -0.25) is 15.1 Å². The largest absolute Gasteiger partial charge is 0.444 e. The molecule has 7 nitrogen and oxygen atoms in total. The average molecular weight is 456 g/mol. The van der Waals surface area contributed by atoms with Gasteiger partial charge in [-0.2, -0.15) is 0 Å². The van der Waals surface area contributed by atoms with Gasteiger partial charge in [-0.05, 0) is 52.2 Å². The Morgan fingerprint density at radius 2 is 1.94 bits per heavy atom. The zero-order chi connectivity index (χ0) is 22.9. The van der Waals surface area contributed by atoms with Crippen LogP contribution in [0, 0.1) is 0 Å². The summed E-state index contributed by atoms with van der Waals surface area (Å²) in [7, 11) is 0. The number of ether oxygens (including phenoxy) is 1. The highest BCUT2D eigenvalue weighted by molar-refractivity contribution is 7.09. The van der Waals surface area contributed by atoms with E-state index in [0.717, 1.165) is 34.8 Å². The summed E-state index contributed by atoms with van der Waals surface area (Å²) in [4.78, 5) is 36.6. The van der Waals surface area contributed by atoms with Crippen LogP contribution in [0.15, 0.2) is 35.7 Å². The smallest absolute Gasteiger partial charge is 0.410 e. The first kappa shape index (κ1) is 22.5. The minimum absolute atomic E-state index is 0.0136. The molecule has 1 atom stereocenters. The van der Waals surface area contributed by atoms with E-state index in [1.807, 2.05) is 56.5 Å². The number of aromatic nitrogens is 1. The van der Waals surface area contributed by atoms with Gasteiger partial charge in [0.15, 0.2) is 5.78 Å². The van der Waals surface area contributed by atoms with Gasteiger partial charge in [-0.15, -0.1) is 11.3 Å². The second-order valence-corrected chi connectivity index (χ2v) is 10.1. The average Bonchev–Trinajstić information content (AvgIpc) is 3.42. The number of nitrogens with one attached hydrogen (secondary N) is 1. The zero-order valence-corrected chi connectivity index (χ0v) is 19.7. The van der Waals surface area contributed by atoms with Crippen molar-refractivity contribution in [3.8, 4) is 0 Å². The van der Waals surface area contributed by atoms with Crippen LogP contribution >= 0.6 is 11.3 Å². The topological polar surface area (TPSA) is 80.8 Å². The number of ketones is 1. The number of hydrogen-bond acceptors (Lipinski definition) is 7. The summed E-state index contributed by atoms with van der Waals surface area (Å²) in [6.45, 7) is 8.55. The van der Waals surface area contributed by atoms with Gasteiger partial charge in [-0.25, -0.2) is 9.78 Å². The molecular weight excluding hydrogens is 426 g/mol. The Morgan fingerprint density at radius 1 is 1.22 bits per heavy atom. The number of benzene rings is 1. The highest BCUT2D eigenvalue weighted by Crippen LogP contribution is 2.35. The van der Waals surface area contributed by atoms with Crippen molar-refractivity contribution in [1.29, 1.82) is 0 Å². The minimum atomic E-state index is -0.481. The lowest BCUT2D eigenvalue weighted by atomic mass is 9.98. The quantitative estimate of drug-likeness (QED) is 0.648. The van der Waals surface area contributed by atoms with E-state index in [2.05, 4.69) is 5.48 Å². The van der Waals surface area contributed by atoms with Crippen molar-refractivity contribution in [3.05, 3.63) is 57.6 Å². The molecule has 1 aromatic heterocycles. The lowest BCUT2D eigenvalue weighted by Gasteiger charge is -2.32. The lowest BCUT2D eigenvalue weighted by molar-refractivity contribution is 0.0204. The van der Waals surface area contributed by atoms with Crippen LogP contribution in [0.4, 0.5) is 4.79 Å². The van der Waals surface area contributed by atoms with Gasteiger partial charge in [0.2, 0.25) is 0 Å². The van der Waals surface area contributed by atoms with Crippen molar-refractivity contribution in [2.75, 3.05) is 13.1 Å². The molecule has 3 heterocycles. The molecule has 2 aromatic rings. The number of piperidine rings is 1. The molecule has 0 radical (unpaired) electrons. The molecule has 0 bridgehead atoms. The number of hydrogen-bond donors (Lipinski definition) is 1. The van der Waals surface area contributed by atoms with Crippen LogP contribution in [0.2, 0.25) is 0 Å². The Labute approximate surface area is 192 Å². The molecule has 1 fully saturated rings. The molecule has 32 heavy (non-hydrogen) atoms. The van der Waals surface area contributed by atoms with Crippen molar-refractivity contribution >= 4 is 28.9 Å². The molecule has 0 spiro atoms. The maximum Gasteiger partial charge on any atom is 0.410 e. The van der Waals surface area contributed by atoms with Crippen LogP contribution in [0.1, 0.15) is 79.2 Å². The number of nitrogens with zero attached hydrogens (tertiary/aromatic N) is 2. The summed E-state index contributed by atoms with van der Waals surface area (Å²) < 4.78 is 5.48. The van der Waals surface area contributed by atoms with E-state index in [0.29, 0.717) is 24.6 Å². The molecule has 0 saturated carbocycles. The Hall–Kier alpha value is -2.71. The SMILES string of the molecule is CC(=O)c1ccccc1C1C=C(c2csc(C3CCN(C(=O)OC(C)(C)C)CC3)n2)NO1. The van der Waals surface area contributed by atoms with Gasteiger partial charge in [0.25, 0.3) is 0 Å². The summed E-state index contributed by atoms with van der Waals surface area (Å²) >= 11 is 1.63. The highest BCUT2D eigenvalue weighted by atomic mass is 32.1. The number of amides is 1. The molecule has 1 aromatic carbocycles. The molecule has 1 N–H and O–H groups in total. The number of thiazole rings is 1. The van der Waals surface area contributed by atoms with Gasteiger partial charge in [0.05, 0.1) is 16.4 Å². The molecule has 0 aliphatic carbocycles. The number of hydroxylamine groups is 1. The molecule has 1 saturated heterocycles. The van der Waals surface area contributed by atoms with Crippen LogP contribution < -0.4 is 5.48 Å². The summed E-state index contributed by atoms with van der Waals surface area (Å²) in [5.74, 6) is 0.337. The monoisotopic (exact) mass is 455 g/mol. The maximum atomic E-state index is 12.3. The summed E-state index contributed by atoms with van der Waals surface area (Å²) in [5.41, 5.74) is 5.63. The molecular formula is C24H29N3O4S. The van der Waals surface area contributed by atoms with E-state index in [9.17, 15) is 9.59 Å². The van der Waals surface area contributed by atoms with E-state index >= 15 is 0 Å². The molecule has 1 unspecified atom stereocenters. The van der Waals surface area contributed by atoms with Crippen molar-refractivity contribution in [1.82, 2.24) is 15.4 Å². The van der Waals surface area contributed by atoms with E-state index in [1.54, 1.807) is 23.2 Å². The third-order valence-corrected chi connectivity index (χ3v) is 6.56. The van der Waals surface area contributed by atoms with Crippen molar-refractivity contribution in [2.24, 2.45) is 0 Å². The zero-order valence-electron chi connectivity index (χ0n) is 18.9. The van der Waals surface area contributed by atoms with Crippen LogP contribution in [-0.4, -0.2) is 40.5 Å². The van der Waals surface area contributed by atoms with Gasteiger partial charge in [0, 0.05) is 30.0 Å². The van der Waals surface area contributed by atoms with E-state index in [4.69, 9.17) is 14.6 Å². The van der Waals surface area contributed by atoms with Crippen molar-refractivity contribution < 1.29 is 19.2 Å². The Morgan fingerprint density at radius 3 is 2.62 bits per heavy atom. The van der Waals surface area contributed by atoms with E-state index in [1.165, 1.54) is 0 Å². The van der Waals surface area contributed by atoms with Crippen LogP contribution in [0.5, 0.6) is 0 Å². The predicted octanol–water partition coefficient (Wildman–Crippen LogP) is 5.08. The number of carbonyl (C=O) groups excluding carboxylic acids is 2. The molecule has 1 amide bonds. The lowest BCUT2D eigenvalue weighted by Crippen LogP contribution is -2.41. The van der Waals surface area contributed by atoms with Gasteiger partial charge in [-0.1, -0.05) is 24.3 Å². The fourth-order valence-corrected chi connectivity index (χ4v) is 4.93. The third kappa shape index (κ3) is 5.02. The molecule has 2 aliphatic rings. The van der Waals surface area contributed by atoms with Crippen LogP contribution in [-0.2, 0) is 9.57 Å². The molecule has 8 heteroatoms. The fraction of sp³-hybridized carbons (Fsp3) is 0.458. The van der Waals surface area contributed by atoms with Gasteiger partial charge < -0.3 is 9.64 Å². The first-order chi connectivity index (χ1) is 15.2. The van der Waals surface area contributed by atoms with Crippen molar-refractivity contribution in [2.45, 2.75) is 58.2 Å². The Bertz CT molecular complexity index is 1030. The number of likely N-dealkylation sites (tertiary alicyclic amines) is 1. The highest BCUT2D eigenvalue weighted by Gasteiger charge is 2.30. The molecule has 2 aliphatic heterocycles.